The molecule has 78 valence electrons. The molecule has 0 aliphatic carbocycles. The van der Waals surface area contributed by atoms with Gasteiger partial charge in [-0.15, -0.1) is 0 Å². The summed E-state index contributed by atoms with van der Waals surface area (Å²) < 4.78 is 1.82. The molecular formula is C11H14N4. The summed E-state index contributed by atoms with van der Waals surface area (Å²) in [5.41, 5.74) is 3.19. The predicted molar refractivity (Wildman–Crippen MR) is 59.6 cm³/mol. The highest BCUT2D eigenvalue weighted by Gasteiger charge is 2.14. The van der Waals surface area contributed by atoms with Crippen molar-refractivity contribution in [3.63, 3.8) is 0 Å². The van der Waals surface area contributed by atoms with E-state index in [2.05, 4.69) is 22.0 Å². The lowest BCUT2D eigenvalue weighted by Gasteiger charge is -2.14. The molecule has 0 aliphatic heterocycles. The van der Waals surface area contributed by atoms with Crippen LogP contribution in [0.15, 0.2) is 36.9 Å². The second kappa shape index (κ2) is 3.82. The SMILES string of the molecule is C=C(C)C(NC)c1cnn2ccncc12. The summed E-state index contributed by atoms with van der Waals surface area (Å²) in [6.45, 7) is 5.97. The normalized spacial score (nSPS) is 12.9. The Balaban J connectivity index is 2.55. The van der Waals surface area contributed by atoms with Crippen molar-refractivity contribution in [2.75, 3.05) is 7.05 Å². The van der Waals surface area contributed by atoms with Crippen LogP contribution >= 0.6 is 0 Å². The molecular weight excluding hydrogens is 188 g/mol. The fourth-order valence-electron chi connectivity index (χ4n) is 1.74. The maximum absolute atomic E-state index is 4.27. The summed E-state index contributed by atoms with van der Waals surface area (Å²) >= 11 is 0. The first-order valence-corrected chi connectivity index (χ1v) is 4.84. The Bertz CT molecular complexity index is 486. The van der Waals surface area contributed by atoms with Gasteiger partial charge in [0.25, 0.3) is 0 Å². The Hall–Kier alpha value is -1.68. The van der Waals surface area contributed by atoms with Gasteiger partial charge in [-0.3, -0.25) is 4.98 Å². The van der Waals surface area contributed by atoms with E-state index in [0.717, 1.165) is 16.7 Å². The van der Waals surface area contributed by atoms with Gasteiger partial charge in [0.2, 0.25) is 0 Å². The smallest absolute Gasteiger partial charge is 0.0896 e. The fraction of sp³-hybridized carbons (Fsp3) is 0.273. The molecule has 0 spiro atoms. The van der Waals surface area contributed by atoms with Gasteiger partial charge in [0.1, 0.15) is 0 Å². The number of hydrogen-bond acceptors (Lipinski definition) is 3. The van der Waals surface area contributed by atoms with E-state index in [1.54, 1.807) is 6.20 Å². The molecule has 1 atom stereocenters. The molecule has 0 fully saturated rings. The number of nitrogens with zero attached hydrogens (tertiary/aromatic N) is 3. The average Bonchev–Trinajstić information content (AvgIpc) is 2.63. The number of likely N-dealkylation sites (N-methyl/N-ethyl adjacent to an activating group) is 1. The van der Waals surface area contributed by atoms with Crippen LogP contribution in [0.3, 0.4) is 0 Å². The minimum Gasteiger partial charge on any atom is -0.309 e. The van der Waals surface area contributed by atoms with Crippen molar-refractivity contribution in [2.45, 2.75) is 13.0 Å². The van der Waals surface area contributed by atoms with E-state index in [9.17, 15) is 0 Å². The highest BCUT2D eigenvalue weighted by Crippen LogP contribution is 2.23. The Morgan fingerprint density at radius 2 is 2.33 bits per heavy atom. The lowest BCUT2D eigenvalue weighted by Crippen LogP contribution is -2.16. The summed E-state index contributed by atoms with van der Waals surface area (Å²) in [6, 6.07) is 0.131. The van der Waals surface area contributed by atoms with E-state index in [-0.39, 0.29) is 6.04 Å². The molecule has 0 amide bonds. The molecule has 0 saturated heterocycles. The maximum atomic E-state index is 4.27. The Morgan fingerprint density at radius 1 is 1.53 bits per heavy atom. The van der Waals surface area contributed by atoms with Crippen LogP contribution in [0.5, 0.6) is 0 Å². The van der Waals surface area contributed by atoms with Crippen molar-refractivity contribution >= 4 is 5.52 Å². The van der Waals surface area contributed by atoms with Crippen LogP contribution in [-0.4, -0.2) is 21.6 Å². The van der Waals surface area contributed by atoms with Crippen LogP contribution in [0.2, 0.25) is 0 Å². The van der Waals surface area contributed by atoms with Crippen molar-refractivity contribution in [3.8, 4) is 0 Å². The molecule has 2 rings (SSSR count). The molecule has 15 heavy (non-hydrogen) atoms. The molecule has 2 heterocycles. The third-order valence-electron chi connectivity index (χ3n) is 2.45. The highest BCUT2D eigenvalue weighted by atomic mass is 15.2. The molecule has 0 radical (unpaired) electrons. The van der Waals surface area contributed by atoms with Gasteiger partial charge in [-0.05, 0) is 14.0 Å². The number of aromatic nitrogens is 3. The molecule has 4 nitrogen and oxygen atoms in total. The van der Waals surface area contributed by atoms with Crippen LogP contribution in [0.25, 0.3) is 5.52 Å². The summed E-state index contributed by atoms with van der Waals surface area (Å²) in [7, 11) is 1.92. The predicted octanol–water partition coefficient (Wildman–Crippen LogP) is 1.57. The fourth-order valence-corrected chi connectivity index (χ4v) is 1.74. The van der Waals surface area contributed by atoms with Gasteiger partial charge in [0.05, 0.1) is 24.0 Å². The van der Waals surface area contributed by atoms with E-state index < -0.39 is 0 Å². The molecule has 1 unspecified atom stereocenters. The van der Waals surface area contributed by atoms with E-state index in [1.807, 2.05) is 37.1 Å². The second-order valence-electron chi connectivity index (χ2n) is 3.57. The van der Waals surface area contributed by atoms with Crippen LogP contribution < -0.4 is 5.32 Å². The monoisotopic (exact) mass is 202 g/mol. The van der Waals surface area contributed by atoms with Crippen molar-refractivity contribution in [1.29, 1.82) is 0 Å². The minimum atomic E-state index is 0.131. The topological polar surface area (TPSA) is 42.2 Å². The first-order valence-electron chi connectivity index (χ1n) is 4.84. The van der Waals surface area contributed by atoms with E-state index in [1.165, 1.54) is 0 Å². The number of fused-ring (bicyclic) bond motifs is 1. The van der Waals surface area contributed by atoms with Crippen LogP contribution in [0, 0.1) is 0 Å². The second-order valence-corrected chi connectivity index (χ2v) is 3.57. The molecule has 0 aromatic carbocycles. The van der Waals surface area contributed by atoms with Crippen molar-refractivity contribution in [2.24, 2.45) is 0 Å². The zero-order chi connectivity index (χ0) is 10.8. The Morgan fingerprint density at radius 3 is 3.00 bits per heavy atom. The highest BCUT2D eigenvalue weighted by molar-refractivity contribution is 5.54. The average molecular weight is 202 g/mol. The van der Waals surface area contributed by atoms with Gasteiger partial charge >= 0.3 is 0 Å². The third kappa shape index (κ3) is 1.64. The van der Waals surface area contributed by atoms with Crippen molar-refractivity contribution < 1.29 is 0 Å². The van der Waals surface area contributed by atoms with Gasteiger partial charge in [-0.2, -0.15) is 5.10 Å². The van der Waals surface area contributed by atoms with Gasteiger partial charge in [0.15, 0.2) is 0 Å². The molecule has 1 N–H and O–H groups in total. The van der Waals surface area contributed by atoms with Gasteiger partial charge in [0, 0.05) is 18.0 Å². The zero-order valence-corrected chi connectivity index (χ0v) is 8.94. The quantitative estimate of drug-likeness (QED) is 0.768. The molecule has 0 aliphatic rings. The lowest BCUT2D eigenvalue weighted by atomic mass is 10.0. The first-order chi connectivity index (χ1) is 7.24. The Kier molecular flexibility index (Phi) is 2.51. The summed E-state index contributed by atoms with van der Waals surface area (Å²) in [5.74, 6) is 0. The minimum absolute atomic E-state index is 0.131. The van der Waals surface area contributed by atoms with Gasteiger partial charge in [-0.1, -0.05) is 12.2 Å². The van der Waals surface area contributed by atoms with Crippen LogP contribution in [0.4, 0.5) is 0 Å². The van der Waals surface area contributed by atoms with Gasteiger partial charge < -0.3 is 5.32 Å². The number of hydrogen-bond donors (Lipinski definition) is 1. The number of nitrogens with one attached hydrogen (secondary N) is 1. The van der Waals surface area contributed by atoms with E-state index in [0.29, 0.717) is 0 Å². The standard InChI is InChI=1S/C11H14N4/c1-8(2)11(12-3)9-6-14-15-5-4-13-7-10(9)15/h4-7,11-12H,1H2,2-3H3. The molecule has 4 heteroatoms. The first kappa shape index (κ1) is 9.86. The largest absolute Gasteiger partial charge is 0.309 e. The summed E-state index contributed by atoms with van der Waals surface area (Å²) in [4.78, 5) is 4.10. The van der Waals surface area contributed by atoms with Gasteiger partial charge in [-0.25, -0.2) is 4.52 Å². The van der Waals surface area contributed by atoms with Crippen molar-refractivity contribution in [1.82, 2.24) is 19.9 Å². The molecule has 0 bridgehead atoms. The van der Waals surface area contributed by atoms with E-state index in [4.69, 9.17) is 0 Å². The third-order valence-corrected chi connectivity index (χ3v) is 2.45. The maximum Gasteiger partial charge on any atom is 0.0896 e. The molecule has 0 saturated carbocycles. The van der Waals surface area contributed by atoms with E-state index >= 15 is 0 Å². The number of rotatable bonds is 3. The van der Waals surface area contributed by atoms with Crippen molar-refractivity contribution in [3.05, 3.63) is 42.5 Å². The Labute approximate surface area is 88.6 Å². The molecule has 2 aromatic rings. The summed E-state index contributed by atoms with van der Waals surface area (Å²) in [5, 5.41) is 7.48. The van der Waals surface area contributed by atoms with Crippen LogP contribution in [0.1, 0.15) is 18.5 Å². The van der Waals surface area contributed by atoms with Crippen LogP contribution in [-0.2, 0) is 0 Å². The zero-order valence-electron chi connectivity index (χ0n) is 8.94. The molecule has 2 aromatic heterocycles. The summed E-state index contributed by atoms with van der Waals surface area (Å²) in [6.07, 6.45) is 7.23. The lowest BCUT2D eigenvalue weighted by molar-refractivity contribution is 0.684.